The molecule has 1 fully saturated rings. The fourth-order valence-corrected chi connectivity index (χ4v) is 8.50. The Labute approximate surface area is 256 Å². The summed E-state index contributed by atoms with van der Waals surface area (Å²) in [6.07, 6.45) is 0. The van der Waals surface area contributed by atoms with Crippen LogP contribution in [0.15, 0.2) is 48.5 Å². The van der Waals surface area contributed by atoms with Crippen molar-refractivity contribution in [3.05, 3.63) is 93.0 Å². The molecule has 40 heavy (non-hydrogen) atoms. The third kappa shape index (κ3) is 7.96. The zero-order chi connectivity index (χ0) is 29.7. The average molecular weight is 671 g/mol. The van der Waals surface area contributed by atoms with Gasteiger partial charge >= 0.3 is 182 Å². The standard InChI is InChI=1S/C21H28N4.C12H18.2ClH.Ru/c1-22(2)20-9-5-18(6-10-20)15-24-13-14-25(17-24)16-19-7-11-21(12-8-19)23(3)4;1-7-8(2)10(4)12(6)11(5)9(7)3;;;/h5-12H,13-16H2,1-4H3;1-6H3;2*1H;/q;;;;+2/p-2. The van der Waals surface area contributed by atoms with Crippen LogP contribution in [0.5, 0.6) is 0 Å². The molecule has 0 aliphatic carbocycles. The summed E-state index contributed by atoms with van der Waals surface area (Å²) in [4.78, 5) is 8.94. The van der Waals surface area contributed by atoms with E-state index >= 15 is 0 Å². The molecule has 0 spiro atoms. The van der Waals surface area contributed by atoms with Crippen molar-refractivity contribution in [2.75, 3.05) is 51.1 Å². The van der Waals surface area contributed by atoms with E-state index < -0.39 is 13.5 Å². The first-order valence-electron chi connectivity index (χ1n) is 13.7. The van der Waals surface area contributed by atoms with Crippen molar-refractivity contribution in [2.45, 2.75) is 54.6 Å². The number of benzene rings is 3. The Bertz CT molecular complexity index is 1160. The van der Waals surface area contributed by atoms with Gasteiger partial charge in [0.2, 0.25) is 0 Å². The molecule has 4 nitrogen and oxygen atoms in total. The van der Waals surface area contributed by atoms with Crippen molar-refractivity contribution >= 4 is 35.1 Å². The summed E-state index contributed by atoms with van der Waals surface area (Å²) < 4.78 is 1.14. The molecule has 1 saturated heterocycles. The average Bonchev–Trinajstić information content (AvgIpc) is 3.32. The number of hydrogen-bond donors (Lipinski definition) is 0. The third-order valence-corrected chi connectivity index (χ3v) is 11.4. The summed E-state index contributed by atoms with van der Waals surface area (Å²) in [5.41, 5.74) is 13.7. The molecule has 0 radical (unpaired) electrons. The Morgan fingerprint density at radius 1 is 0.550 bits per heavy atom. The molecule has 7 heteroatoms. The quantitative estimate of drug-likeness (QED) is 0.250. The monoisotopic (exact) mass is 670 g/mol. The molecule has 0 saturated carbocycles. The van der Waals surface area contributed by atoms with E-state index in [0.29, 0.717) is 0 Å². The largest absolute Gasteiger partial charge is 0.0447 e. The van der Waals surface area contributed by atoms with Crippen LogP contribution in [0.25, 0.3) is 0 Å². The van der Waals surface area contributed by atoms with Gasteiger partial charge in [-0.3, -0.25) is 0 Å². The third-order valence-electron chi connectivity index (χ3n) is 8.29. The molecule has 1 aliphatic rings. The van der Waals surface area contributed by atoms with Crippen LogP contribution in [0, 0.1) is 41.5 Å². The van der Waals surface area contributed by atoms with Gasteiger partial charge in [0.15, 0.2) is 0 Å². The maximum absolute atomic E-state index is 6.51. The summed E-state index contributed by atoms with van der Waals surface area (Å²) in [6.45, 7) is 16.9. The summed E-state index contributed by atoms with van der Waals surface area (Å²) in [5.74, 6) is 0. The van der Waals surface area contributed by atoms with E-state index in [1.54, 1.807) is 0 Å². The van der Waals surface area contributed by atoms with Crippen molar-refractivity contribution < 1.29 is 13.5 Å². The molecule has 1 heterocycles. The maximum atomic E-state index is 6.51. The van der Waals surface area contributed by atoms with Crippen LogP contribution in [0.4, 0.5) is 11.4 Å². The van der Waals surface area contributed by atoms with E-state index in [2.05, 4.69) is 138 Å². The second kappa shape index (κ2) is 14.4. The molecule has 1 aliphatic heterocycles. The van der Waals surface area contributed by atoms with E-state index in [0.717, 1.165) is 30.5 Å². The van der Waals surface area contributed by atoms with Crippen LogP contribution in [0.2, 0.25) is 0 Å². The van der Waals surface area contributed by atoms with Gasteiger partial charge in [-0.15, -0.1) is 0 Å². The van der Waals surface area contributed by atoms with Gasteiger partial charge in [0.1, 0.15) is 0 Å². The van der Waals surface area contributed by atoms with Crippen LogP contribution < -0.4 is 9.80 Å². The van der Waals surface area contributed by atoms with Crippen LogP contribution in [-0.2, 0) is 26.6 Å². The fraction of sp³-hybridized carbons (Fsp3) is 0.424. The molecular weight excluding hydrogens is 624 g/mol. The molecular formula is C33H46Cl2N4Ru. The van der Waals surface area contributed by atoms with Gasteiger partial charge in [0, 0.05) is 0 Å². The summed E-state index contributed by atoms with van der Waals surface area (Å²) in [6, 6.07) is 17.4. The van der Waals surface area contributed by atoms with Crippen LogP contribution in [0.3, 0.4) is 0 Å². The van der Waals surface area contributed by atoms with Crippen molar-refractivity contribution in [3.63, 3.8) is 0 Å². The molecule has 4 rings (SSSR count). The molecule has 3 aromatic rings. The zero-order valence-corrected chi connectivity index (χ0v) is 29.1. The van der Waals surface area contributed by atoms with Gasteiger partial charge in [-0.1, -0.05) is 0 Å². The van der Waals surface area contributed by atoms with E-state index in [4.69, 9.17) is 19.4 Å². The molecule has 0 N–H and O–H groups in total. The van der Waals surface area contributed by atoms with E-state index in [-0.39, 0.29) is 0 Å². The van der Waals surface area contributed by atoms with Crippen LogP contribution >= 0.6 is 19.4 Å². The molecule has 0 atom stereocenters. The van der Waals surface area contributed by atoms with Gasteiger partial charge in [0.25, 0.3) is 0 Å². The number of rotatable bonds is 6. The molecule has 220 valence electrons. The molecule has 0 unspecified atom stereocenters. The van der Waals surface area contributed by atoms with Gasteiger partial charge in [-0.2, -0.15) is 0 Å². The van der Waals surface area contributed by atoms with E-state index in [1.165, 1.54) is 55.9 Å². The number of nitrogens with zero attached hydrogens (tertiary/aromatic N) is 4. The van der Waals surface area contributed by atoms with Gasteiger partial charge in [-0.25, -0.2) is 0 Å². The van der Waals surface area contributed by atoms with Gasteiger partial charge in [-0.05, 0) is 74.9 Å². The maximum Gasteiger partial charge on any atom is -0.0392 e. The minimum Gasteiger partial charge on any atom is -0.0447 e. The minimum atomic E-state index is -2.02. The molecule has 0 bridgehead atoms. The Hall–Kier alpha value is -1.75. The second-order valence-corrected chi connectivity index (χ2v) is 16.8. The minimum absolute atomic E-state index is 0.850. The Kier molecular flexibility index (Phi) is 11.8. The first-order chi connectivity index (χ1) is 18.8. The number of halogens is 2. The summed E-state index contributed by atoms with van der Waals surface area (Å²) in [5, 5.41) is 0. The molecule has 3 aromatic carbocycles. The SMILES string of the molecule is CN(C)c1ccc(CN2CCN(Cc3ccc(N(C)C)cc3)[C]2=[Ru]([Cl])[Cl])cc1.Cc1c(C)c(C)c(C)c(C)c1C. The smallest absolute Gasteiger partial charge is 0.0392 e. The van der Waals surface area contributed by atoms with E-state index in [9.17, 15) is 0 Å². The predicted octanol–water partition coefficient (Wildman–Crippen LogP) is 7.69. The Balaban J connectivity index is 0.000000307. The predicted molar refractivity (Wildman–Crippen MR) is 174 cm³/mol. The Morgan fingerprint density at radius 2 is 0.825 bits per heavy atom. The van der Waals surface area contributed by atoms with E-state index in [1.807, 2.05) is 0 Å². The first-order valence-corrected chi connectivity index (χ1v) is 19.1. The molecule has 0 amide bonds. The topological polar surface area (TPSA) is 13.0 Å². The summed E-state index contributed by atoms with van der Waals surface area (Å²) in [7, 11) is 21.3. The van der Waals surface area contributed by atoms with Crippen LogP contribution in [-0.4, -0.2) is 55.4 Å². The van der Waals surface area contributed by atoms with Gasteiger partial charge in [0.05, 0.1) is 0 Å². The van der Waals surface area contributed by atoms with Gasteiger partial charge < -0.3 is 0 Å². The zero-order valence-electron chi connectivity index (χ0n) is 25.8. The second-order valence-electron chi connectivity index (χ2n) is 11.2. The Morgan fingerprint density at radius 3 is 1.05 bits per heavy atom. The molecule has 0 aromatic heterocycles. The van der Waals surface area contributed by atoms with Crippen LogP contribution in [0.1, 0.15) is 44.5 Å². The summed E-state index contributed by atoms with van der Waals surface area (Å²) >= 11 is -2.02. The van der Waals surface area contributed by atoms with Crippen molar-refractivity contribution in [1.29, 1.82) is 0 Å². The fourth-order valence-electron chi connectivity index (χ4n) is 5.00. The first kappa shape index (κ1) is 32.8. The normalized spacial score (nSPS) is 14.2. The number of anilines is 2. The van der Waals surface area contributed by atoms with Crippen molar-refractivity contribution in [2.24, 2.45) is 0 Å². The number of hydrogen-bond acceptors (Lipinski definition) is 4. The van der Waals surface area contributed by atoms with Crippen molar-refractivity contribution in [3.8, 4) is 0 Å². The van der Waals surface area contributed by atoms with Crippen molar-refractivity contribution in [1.82, 2.24) is 9.80 Å².